The Kier molecular flexibility index (Phi) is 5.90. The molecule has 2 rings (SSSR count). The second-order valence-corrected chi connectivity index (χ2v) is 3.83. The molecule has 0 amide bonds. The number of nitrogens with one attached hydrogen (secondary N) is 1. The molecule has 4 heteroatoms. The van der Waals surface area contributed by atoms with Gasteiger partial charge in [-0.15, -0.1) is 12.4 Å². The highest BCUT2D eigenvalue weighted by Crippen LogP contribution is 2.14. The van der Waals surface area contributed by atoms with Crippen molar-refractivity contribution < 1.29 is 9.47 Å². The maximum absolute atomic E-state index is 7.52. The smallest absolute Gasteiger partial charge is 0.212 e. The molecule has 0 bridgehead atoms. The van der Waals surface area contributed by atoms with Crippen LogP contribution in [-0.2, 0) is 11.3 Å². The number of rotatable bonds is 4. The minimum absolute atomic E-state index is 0. The van der Waals surface area contributed by atoms with Gasteiger partial charge in [0.2, 0.25) is 5.90 Å². The zero-order valence-corrected chi connectivity index (χ0v) is 11.4. The number of benzene rings is 2. The van der Waals surface area contributed by atoms with Gasteiger partial charge in [0.1, 0.15) is 12.4 Å². The van der Waals surface area contributed by atoms with Crippen molar-refractivity contribution in [1.29, 1.82) is 5.41 Å². The monoisotopic (exact) mass is 277 g/mol. The molecule has 100 valence electrons. The number of halogens is 1. The van der Waals surface area contributed by atoms with Crippen molar-refractivity contribution in [2.24, 2.45) is 0 Å². The van der Waals surface area contributed by atoms with Crippen molar-refractivity contribution >= 4 is 18.3 Å². The Bertz CT molecular complexity index is 511. The zero-order valence-electron chi connectivity index (χ0n) is 10.6. The lowest BCUT2D eigenvalue weighted by Crippen LogP contribution is -2.01. The van der Waals surface area contributed by atoms with Crippen LogP contribution in [-0.4, -0.2) is 13.0 Å². The molecule has 0 atom stereocenters. The first-order valence-corrected chi connectivity index (χ1v) is 5.69. The molecule has 0 aromatic heterocycles. The van der Waals surface area contributed by atoms with Crippen LogP contribution in [0.4, 0.5) is 0 Å². The molecule has 0 saturated heterocycles. The predicted octanol–water partition coefficient (Wildman–Crippen LogP) is 3.66. The van der Waals surface area contributed by atoms with E-state index in [9.17, 15) is 0 Å². The van der Waals surface area contributed by atoms with E-state index < -0.39 is 0 Å². The van der Waals surface area contributed by atoms with Crippen LogP contribution in [0.1, 0.15) is 11.1 Å². The van der Waals surface area contributed by atoms with Crippen LogP contribution in [0.2, 0.25) is 0 Å². The van der Waals surface area contributed by atoms with Gasteiger partial charge in [0, 0.05) is 5.56 Å². The van der Waals surface area contributed by atoms with E-state index in [1.54, 1.807) is 0 Å². The second-order valence-electron chi connectivity index (χ2n) is 3.83. The Morgan fingerprint density at radius 1 is 1.00 bits per heavy atom. The lowest BCUT2D eigenvalue weighted by atomic mass is 10.2. The molecule has 0 fully saturated rings. The Labute approximate surface area is 119 Å². The van der Waals surface area contributed by atoms with Gasteiger partial charge in [0.15, 0.2) is 0 Å². The van der Waals surface area contributed by atoms with E-state index in [1.807, 2.05) is 54.6 Å². The van der Waals surface area contributed by atoms with Crippen molar-refractivity contribution in [2.75, 3.05) is 7.11 Å². The minimum atomic E-state index is 0. The van der Waals surface area contributed by atoms with Gasteiger partial charge in [-0.1, -0.05) is 30.3 Å². The number of methoxy groups -OCH3 is 1. The molecule has 0 aliphatic heterocycles. The van der Waals surface area contributed by atoms with Crippen LogP contribution >= 0.6 is 12.4 Å². The first-order valence-electron chi connectivity index (χ1n) is 5.69. The van der Waals surface area contributed by atoms with Crippen LogP contribution in [0, 0.1) is 5.41 Å². The molecular formula is C15H16ClNO2. The van der Waals surface area contributed by atoms with Crippen molar-refractivity contribution in [1.82, 2.24) is 0 Å². The molecular weight excluding hydrogens is 262 g/mol. The highest BCUT2D eigenvalue weighted by Gasteiger charge is 2.01. The zero-order chi connectivity index (χ0) is 12.8. The third-order valence-electron chi connectivity index (χ3n) is 2.57. The quantitative estimate of drug-likeness (QED) is 0.684. The van der Waals surface area contributed by atoms with Crippen molar-refractivity contribution in [3.8, 4) is 5.75 Å². The van der Waals surface area contributed by atoms with Crippen molar-refractivity contribution in [2.45, 2.75) is 6.61 Å². The molecule has 2 aromatic rings. The van der Waals surface area contributed by atoms with Crippen LogP contribution in [0.3, 0.4) is 0 Å². The van der Waals surface area contributed by atoms with E-state index in [0.717, 1.165) is 16.9 Å². The minimum Gasteiger partial charge on any atom is -0.489 e. The summed E-state index contributed by atoms with van der Waals surface area (Å²) < 4.78 is 10.5. The third kappa shape index (κ3) is 4.30. The van der Waals surface area contributed by atoms with Gasteiger partial charge in [-0.05, 0) is 29.8 Å². The summed E-state index contributed by atoms with van der Waals surface area (Å²) in [7, 11) is 1.49. The number of ether oxygens (including phenoxy) is 2. The Hall–Kier alpha value is -2.00. The summed E-state index contributed by atoms with van der Waals surface area (Å²) >= 11 is 0. The predicted molar refractivity (Wildman–Crippen MR) is 78.3 cm³/mol. The molecule has 0 unspecified atom stereocenters. The third-order valence-corrected chi connectivity index (χ3v) is 2.57. The summed E-state index contributed by atoms with van der Waals surface area (Å²) in [6, 6.07) is 17.3. The first kappa shape index (κ1) is 15.1. The summed E-state index contributed by atoms with van der Waals surface area (Å²) in [5, 5.41) is 7.52. The van der Waals surface area contributed by atoms with Crippen LogP contribution in [0.15, 0.2) is 54.6 Å². The van der Waals surface area contributed by atoms with Gasteiger partial charge in [-0.25, -0.2) is 0 Å². The first-order chi connectivity index (χ1) is 8.79. The van der Waals surface area contributed by atoms with Gasteiger partial charge < -0.3 is 9.47 Å². The molecule has 1 N–H and O–H groups in total. The lowest BCUT2D eigenvalue weighted by molar-refractivity contribution is 0.306. The van der Waals surface area contributed by atoms with Gasteiger partial charge in [-0.2, -0.15) is 0 Å². The SMILES string of the molecule is COC(=N)c1ccc(OCc2ccccc2)cc1.Cl. The normalized spacial score (nSPS) is 9.32. The van der Waals surface area contributed by atoms with E-state index in [-0.39, 0.29) is 18.3 Å². The summed E-state index contributed by atoms with van der Waals surface area (Å²) in [4.78, 5) is 0. The molecule has 0 aliphatic rings. The summed E-state index contributed by atoms with van der Waals surface area (Å²) in [6.45, 7) is 0.544. The molecule has 0 aliphatic carbocycles. The molecule has 2 aromatic carbocycles. The molecule has 0 heterocycles. The van der Waals surface area contributed by atoms with E-state index in [0.29, 0.717) is 6.61 Å². The Morgan fingerprint density at radius 2 is 1.63 bits per heavy atom. The number of hydrogen-bond donors (Lipinski definition) is 1. The summed E-state index contributed by atoms with van der Waals surface area (Å²) in [5.74, 6) is 0.941. The van der Waals surface area contributed by atoms with Crippen LogP contribution < -0.4 is 4.74 Å². The molecule has 0 radical (unpaired) electrons. The Balaban J connectivity index is 0.00000180. The highest BCUT2D eigenvalue weighted by atomic mass is 35.5. The fourth-order valence-corrected chi connectivity index (χ4v) is 1.56. The molecule has 19 heavy (non-hydrogen) atoms. The maximum Gasteiger partial charge on any atom is 0.212 e. The number of hydrogen-bond acceptors (Lipinski definition) is 3. The Morgan fingerprint density at radius 3 is 2.21 bits per heavy atom. The van der Waals surface area contributed by atoms with E-state index in [2.05, 4.69) is 0 Å². The van der Waals surface area contributed by atoms with Crippen LogP contribution in [0.25, 0.3) is 0 Å². The highest BCUT2D eigenvalue weighted by molar-refractivity contribution is 5.91. The average molecular weight is 278 g/mol. The van der Waals surface area contributed by atoms with Gasteiger partial charge in [0.25, 0.3) is 0 Å². The van der Waals surface area contributed by atoms with Gasteiger partial charge in [0.05, 0.1) is 7.11 Å². The largest absolute Gasteiger partial charge is 0.489 e. The van der Waals surface area contributed by atoms with Crippen LogP contribution in [0.5, 0.6) is 5.75 Å². The standard InChI is InChI=1S/C15H15NO2.ClH/c1-17-15(16)13-7-9-14(10-8-13)18-11-12-5-3-2-4-6-12;/h2-10,16H,11H2,1H3;1H. The van der Waals surface area contributed by atoms with Crippen molar-refractivity contribution in [3.05, 3.63) is 65.7 Å². The summed E-state index contributed by atoms with van der Waals surface area (Å²) in [6.07, 6.45) is 0. The fraction of sp³-hybridized carbons (Fsp3) is 0.133. The summed E-state index contributed by atoms with van der Waals surface area (Å²) in [5.41, 5.74) is 1.87. The lowest BCUT2D eigenvalue weighted by Gasteiger charge is -2.07. The van der Waals surface area contributed by atoms with Crippen molar-refractivity contribution in [3.63, 3.8) is 0 Å². The molecule has 0 spiro atoms. The van der Waals surface area contributed by atoms with E-state index in [1.165, 1.54) is 7.11 Å². The topological polar surface area (TPSA) is 42.3 Å². The van der Waals surface area contributed by atoms with E-state index in [4.69, 9.17) is 14.9 Å². The second kappa shape index (κ2) is 7.44. The van der Waals surface area contributed by atoms with Gasteiger partial charge in [-0.3, -0.25) is 5.41 Å². The maximum atomic E-state index is 7.52. The molecule has 0 saturated carbocycles. The average Bonchev–Trinajstić information content (AvgIpc) is 2.46. The van der Waals surface area contributed by atoms with E-state index >= 15 is 0 Å². The molecule has 3 nitrogen and oxygen atoms in total. The fourth-order valence-electron chi connectivity index (χ4n) is 1.56. The van der Waals surface area contributed by atoms with Gasteiger partial charge >= 0.3 is 0 Å².